The van der Waals surface area contributed by atoms with Gasteiger partial charge in [0.15, 0.2) is 0 Å². The molecule has 1 saturated heterocycles. The third-order valence-electron chi connectivity index (χ3n) is 6.05. The first-order valence-corrected chi connectivity index (χ1v) is 12.9. The van der Waals surface area contributed by atoms with Crippen LogP contribution in [0, 0.1) is 0 Å². The fraction of sp³-hybridized carbons (Fsp3) is 0.536. The molecule has 0 unspecified atom stereocenters. The van der Waals surface area contributed by atoms with E-state index in [-0.39, 0.29) is 12.2 Å². The zero-order chi connectivity index (χ0) is 27.1. The van der Waals surface area contributed by atoms with Gasteiger partial charge in [0, 0.05) is 32.0 Å². The van der Waals surface area contributed by atoms with E-state index in [4.69, 9.17) is 14.5 Å². The lowest BCUT2D eigenvalue weighted by molar-refractivity contribution is -0.152. The van der Waals surface area contributed by atoms with E-state index in [1.807, 2.05) is 38.1 Å². The number of rotatable bonds is 12. The molecule has 1 amide bonds. The van der Waals surface area contributed by atoms with E-state index in [2.05, 4.69) is 9.88 Å². The molecule has 0 bridgehead atoms. The smallest absolute Gasteiger partial charge is 0.326 e. The van der Waals surface area contributed by atoms with Crippen LogP contribution in [-0.4, -0.2) is 69.9 Å². The molecule has 0 saturated carbocycles. The Balaban J connectivity index is 2.00. The van der Waals surface area contributed by atoms with Crippen LogP contribution in [0.15, 0.2) is 36.0 Å². The Hall–Kier alpha value is -3.01. The second-order valence-electron chi connectivity index (χ2n) is 10.2. The molecule has 1 aliphatic rings. The maximum atomic E-state index is 12.4. The summed E-state index contributed by atoms with van der Waals surface area (Å²) in [7, 11) is 1.70. The number of carbonyl (C=O) groups excluding carboxylic acids is 2. The number of esters is 1. The van der Waals surface area contributed by atoms with Gasteiger partial charge in [0.1, 0.15) is 11.9 Å². The standard InChI is InChI=1S/C28H40N4O5/c1-18(2)12-22(15-31(6)17-33)27-30-24-10-9-21(13-25(24)32(27)16-23-8-7-11-36-23)14-29-26(20(5)34)28(35)37-19(3)4/h9-10,12-13,15,17,19-20,23,26,29,34H,7-8,11,14,16H2,1-6H3/b22-15+/t20-,23+,26+/m1/s1. The van der Waals surface area contributed by atoms with Crippen molar-refractivity contribution in [3.63, 3.8) is 0 Å². The highest BCUT2D eigenvalue weighted by Gasteiger charge is 2.26. The molecular formula is C28H40N4O5. The molecule has 1 aromatic heterocycles. The number of hydrogen-bond donors (Lipinski definition) is 2. The second kappa shape index (κ2) is 13.0. The molecule has 3 rings (SSSR count). The van der Waals surface area contributed by atoms with Gasteiger partial charge < -0.3 is 24.0 Å². The highest BCUT2D eigenvalue weighted by molar-refractivity contribution is 5.83. The zero-order valence-electron chi connectivity index (χ0n) is 22.7. The van der Waals surface area contributed by atoms with Gasteiger partial charge in [-0.15, -0.1) is 0 Å². The van der Waals surface area contributed by atoms with Crippen molar-refractivity contribution in [3.8, 4) is 0 Å². The number of aliphatic hydroxyl groups is 1. The van der Waals surface area contributed by atoms with Crippen molar-refractivity contribution in [1.29, 1.82) is 0 Å². The Kier molecular flexibility index (Phi) is 10.0. The van der Waals surface area contributed by atoms with Gasteiger partial charge in [-0.05, 0) is 65.2 Å². The van der Waals surface area contributed by atoms with Crippen molar-refractivity contribution >= 4 is 29.0 Å². The van der Waals surface area contributed by atoms with E-state index >= 15 is 0 Å². The molecule has 9 heteroatoms. The number of ether oxygens (including phenoxy) is 2. The first-order valence-electron chi connectivity index (χ1n) is 12.9. The maximum absolute atomic E-state index is 12.4. The van der Waals surface area contributed by atoms with E-state index in [1.54, 1.807) is 34.0 Å². The minimum absolute atomic E-state index is 0.0834. The average Bonchev–Trinajstić information content (AvgIpc) is 3.46. The number of carbonyl (C=O) groups is 2. The lowest BCUT2D eigenvalue weighted by Gasteiger charge is -2.21. The number of nitrogens with one attached hydrogen (secondary N) is 1. The summed E-state index contributed by atoms with van der Waals surface area (Å²) in [6, 6.07) is 5.12. The van der Waals surface area contributed by atoms with Gasteiger partial charge in [0.05, 0.1) is 35.9 Å². The molecule has 1 aliphatic heterocycles. The number of hydrogen-bond acceptors (Lipinski definition) is 7. The van der Waals surface area contributed by atoms with Gasteiger partial charge in [-0.3, -0.25) is 14.9 Å². The number of aliphatic hydroxyl groups excluding tert-OH is 1. The molecule has 2 heterocycles. The number of nitrogens with zero attached hydrogens (tertiary/aromatic N) is 3. The SMILES string of the molecule is CC(C)=C/C(=C\N(C)C=O)c1nc2ccc(CN[C@H](C(=O)OC(C)C)[C@@H](C)O)cc2n1C[C@@H]1CCCO1. The van der Waals surface area contributed by atoms with Crippen LogP contribution in [0.25, 0.3) is 16.6 Å². The number of imidazole rings is 1. The molecular weight excluding hydrogens is 472 g/mol. The molecule has 0 aliphatic carbocycles. The quantitative estimate of drug-likeness (QED) is 0.255. The first kappa shape index (κ1) is 28.6. The molecule has 1 fully saturated rings. The molecule has 0 radical (unpaired) electrons. The largest absolute Gasteiger partial charge is 0.462 e. The van der Waals surface area contributed by atoms with Crippen LogP contribution >= 0.6 is 0 Å². The predicted molar refractivity (Wildman–Crippen MR) is 143 cm³/mol. The molecule has 37 heavy (non-hydrogen) atoms. The summed E-state index contributed by atoms with van der Waals surface area (Å²) in [5.74, 6) is 0.278. The van der Waals surface area contributed by atoms with Crippen LogP contribution in [0.2, 0.25) is 0 Å². The van der Waals surface area contributed by atoms with E-state index in [9.17, 15) is 14.7 Å². The second-order valence-corrected chi connectivity index (χ2v) is 10.2. The van der Waals surface area contributed by atoms with Crippen LogP contribution in [0.4, 0.5) is 0 Å². The molecule has 1 aromatic carbocycles. The highest BCUT2D eigenvalue weighted by atomic mass is 16.5. The number of benzene rings is 1. The minimum Gasteiger partial charge on any atom is -0.462 e. The van der Waals surface area contributed by atoms with Gasteiger partial charge in [0.25, 0.3) is 0 Å². The lowest BCUT2D eigenvalue weighted by Crippen LogP contribution is -2.46. The molecule has 9 nitrogen and oxygen atoms in total. The normalized spacial score (nSPS) is 17.6. The van der Waals surface area contributed by atoms with E-state index in [1.165, 1.54) is 4.90 Å². The van der Waals surface area contributed by atoms with Crippen LogP contribution < -0.4 is 5.32 Å². The Morgan fingerprint density at radius 1 is 1.35 bits per heavy atom. The average molecular weight is 513 g/mol. The maximum Gasteiger partial charge on any atom is 0.326 e. The van der Waals surface area contributed by atoms with Crippen molar-refractivity contribution in [2.45, 2.75) is 84.9 Å². The van der Waals surface area contributed by atoms with Gasteiger partial charge in [-0.1, -0.05) is 17.7 Å². The third kappa shape index (κ3) is 7.74. The fourth-order valence-electron chi connectivity index (χ4n) is 4.38. The lowest BCUT2D eigenvalue weighted by atomic mass is 10.1. The molecule has 2 aromatic rings. The third-order valence-corrected chi connectivity index (χ3v) is 6.05. The fourth-order valence-corrected chi connectivity index (χ4v) is 4.38. The van der Waals surface area contributed by atoms with E-state index < -0.39 is 18.1 Å². The molecule has 3 atom stereocenters. The number of amides is 1. The van der Waals surface area contributed by atoms with Crippen molar-refractivity contribution in [1.82, 2.24) is 19.8 Å². The van der Waals surface area contributed by atoms with E-state index in [0.717, 1.165) is 59.4 Å². The predicted octanol–water partition coefficient (Wildman–Crippen LogP) is 3.40. The van der Waals surface area contributed by atoms with Crippen LogP contribution in [-0.2, 0) is 32.2 Å². The Bertz CT molecular complexity index is 1140. The van der Waals surface area contributed by atoms with Gasteiger partial charge in [-0.25, -0.2) is 4.98 Å². The topological polar surface area (TPSA) is 106 Å². The van der Waals surface area contributed by atoms with Gasteiger partial charge in [-0.2, -0.15) is 0 Å². The first-order chi connectivity index (χ1) is 17.6. The van der Waals surface area contributed by atoms with Crippen molar-refractivity contribution in [2.75, 3.05) is 13.7 Å². The monoisotopic (exact) mass is 512 g/mol. The van der Waals surface area contributed by atoms with Crippen molar-refractivity contribution in [2.24, 2.45) is 0 Å². The van der Waals surface area contributed by atoms with Gasteiger partial charge in [0.2, 0.25) is 6.41 Å². The van der Waals surface area contributed by atoms with Crippen LogP contribution in [0.5, 0.6) is 0 Å². The number of fused-ring (bicyclic) bond motifs is 1. The zero-order valence-corrected chi connectivity index (χ0v) is 22.7. The Labute approximate surface area is 219 Å². The Morgan fingerprint density at radius 3 is 2.70 bits per heavy atom. The summed E-state index contributed by atoms with van der Waals surface area (Å²) in [6.45, 7) is 10.9. The van der Waals surface area contributed by atoms with Crippen molar-refractivity contribution in [3.05, 3.63) is 47.4 Å². The summed E-state index contributed by atoms with van der Waals surface area (Å²) < 4.78 is 13.4. The summed E-state index contributed by atoms with van der Waals surface area (Å²) in [5.41, 5.74) is 4.61. The van der Waals surface area contributed by atoms with Crippen LogP contribution in [0.3, 0.4) is 0 Å². The summed E-state index contributed by atoms with van der Waals surface area (Å²) >= 11 is 0. The Morgan fingerprint density at radius 2 is 2.11 bits per heavy atom. The number of aromatic nitrogens is 2. The minimum atomic E-state index is -0.904. The summed E-state index contributed by atoms with van der Waals surface area (Å²) in [5, 5.41) is 13.3. The summed E-state index contributed by atoms with van der Waals surface area (Å²) in [6.07, 6.45) is 5.48. The summed E-state index contributed by atoms with van der Waals surface area (Å²) in [4.78, 5) is 30.2. The number of allylic oxidation sites excluding steroid dienone is 3. The van der Waals surface area contributed by atoms with Crippen molar-refractivity contribution < 1.29 is 24.2 Å². The highest BCUT2D eigenvalue weighted by Crippen LogP contribution is 2.27. The van der Waals surface area contributed by atoms with Crippen LogP contribution in [0.1, 0.15) is 58.8 Å². The van der Waals surface area contributed by atoms with Gasteiger partial charge >= 0.3 is 5.97 Å². The molecule has 202 valence electrons. The molecule has 2 N–H and O–H groups in total. The van der Waals surface area contributed by atoms with E-state index in [0.29, 0.717) is 13.1 Å². The molecule has 0 spiro atoms.